The number of hydrogen-bond donors (Lipinski definition) is 3. The monoisotopic (exact) mass is 607 g/mol. The molecule has 3 N–H and O–H groups in total. The molecule has 15 heteroatoms. The topological polar surface area (TPSA) is 167 Å². The minimum atomic E-state index is -4.35. The Morgan fingerprint density at radius 2 is 1.95 bits per heavy atom. The van der Waals surface area contributed by atoms with Gasteiger partial charge < -0.3 is 23.8 Å². The third kappa shape index (κ3) is 6.97. The second-order valence-corrected chi connectivity index (χ2v) is 11.7. The van der Waals surface area contributed by atoms with Crippen molar-refractivity contribution in [2.24, 2.45) is 0 Å². The predicted octanol–water partition coefficient (Wildman–Crippen LogP) is 2.38. The molecule has 0 bridgehead atoms. The van der Waals surface area contributed by atoms with Crippen LogP contribution in [0.3, 0.4) is 0 Å². The van der Waals surface area contributed by atoms with Gasteiger partial charge in [-0.15, -0.1) is 0 Å². The molecule has 0 spiro atoms. The minimum absolute atomic E-state index is 0.144. The van der Waals surface area contributed by atoms with E-state index in [1.54, 1.807) is 24.3 Å². The molecule has 0 radical (unpaired) electrons. The molecule has 2 fully saturated rings. The molecule has 3 aromatic rings. The lowest BCUT2D eigenvalue weighted by atomic mass is 10.1. The highest BCUT2D eigenvalue weighted by atomic mass is 31.2. The average Bonchev–Trinajstić information content (AvgIpc) is 3.34. The number of ether oxygens (including phenoxy) is 3. The van der Waals surface area contributed by atoms with Crippen molar-refractivity contribution in [1.29, 1.82) is 0 Å². The number of rotatable bonds is 10. The first-order chi connectivity index (χ1) is 20.1. The Balaban J connectivity index is 1.33. The molecule has 2 aromatic carbocycles. The highest BCUT2D eigenvalue weighted by molar-refractivity contribution is 7.52. The highest BCUT2D eigenvalue weighted by Crippen LogP contribution is 2.47. The number of aliphatic hydroxyl groups is 1. The van der Waals surface area contributed by atoms with Gasteiger partial charge in [-0.05, 0) is 18.4 Å². The lowest BCUT2D eigenvalue weighted by molar-refractivity contribution is -0.154. The number of aliphatic hydroxyl groups excluding tert-OH is 1. The third-order valence-electron chi connectivity index (χ3n) is 6.97. The van der Waals surface area contributed by atoms with E-state index in [2.05, 4.69) is 5.09 Å². The molecule has 2 aliphatic rings. The number of halogens is 1. The van der Waals surface area contributed by atoms with Crippen LogP contribution in [-0.2, 0) is 28.1 Å². The number of benzene rings is 2. The van der Waals surface area contributed by atoms with Gasteiger partial charge in [0.25, 0.3) is 5.56 Å². The number of hydrogen-bond acceptors (Lipinski definition) is 10. The van der Waals surface area contributed by atoms with Crippen LogP contribution < -0.4 is 20.9 Å². The van der Waals surface area contributed by atoms with Gasteiger partial charge in [-0.1, -0.05) is 36.4 Å². The Labute approximate surface area is 239 Å². The fraction of sp³-hybridized carbons (Fsp3) is 0.444. The molecule has 3 unspecified atom stereocenters. The van der Waals surface area contributed by atoms with Crippen molar-refractivity contribution in [3.63, 3.8) is 0 Å². The number of nitrogens with zero attached hydrogens (tertiary/aromatic N) is 1. The summed E-state index contributed by atoms with van der Waals surface area (Å²) < 4.78 is 56.8. The van der Waals surface area contributed by atoms with Crippen molar-refractivity contribution >= 4 is 24.5 Å². The van der Waals surface area contributed by atoms with Crippen LogP contribution in [0.4, 0.5) is 4.39 Å². The Morgan fingerprint density at radius 3 is 2.74 bits per heavy atom. The van der Waals surface area contributed by atoms with Crippen molar-refractivity contribution in [1.82, 2.24) is 14.6 Å². The zero-order valence-electron chi connectivity index (χ0n) is 22.6. The van der Waals surface area contributed by atoms with Crippen LogP contribution in [-0.4, -0.2) is 64.8 Å². The molecule has 226 valence electrons. The number of aromatic amines is 1. The van der Waals surface area contributed by atoms with Crippen molar-refractivity contribution < 1.29 is 42.1 Å². The average molecular weight is 608 g/mol. The van der Waals surface area contributed by atoms with Crippen molar-refractivity contribution in [2.45, 2.75) is 56.8 Å². The van der Waals surface area contributed by atoms with Gasteiger partial charge in [-0.25, -0.2) is 9.36 Å². The van der Waals surface area contributed by atoms with Gasteiger partial charge in [0.2, 0.25) is 5.82 Å². The van der Waals surface area contributed by atoms with Gasteiger partial charge in [-0.3, -0.25) is 23.7 Å². The van der Waals surface area contributed by atoms with Crippen LogP contribution in [0.15, 0.2) is 58.3 Å². The van der Waals surface area contributed by atoms with Crippen molar-refractivity contribution in [3.8, 4) is 5.75 Å². The number of carbonyl (C=O) groups is 1. The minimum Gasteiger partial charge on any atom is -0.461 e. The molecule has 5 atom stereocenters. The van der Waals surface area contributed by atoms with Crippen LogP contribution in [0.5, 0.6) is 5.75 Å². The summed E-state index contributed by atoms with van der Waals surface area (Å²) in [6.45, 7) is 1.90. The van der Waals surface area contributed by atoms with Crippen LogP contribution >= 0.6 is 7.75 Å². The second-order valence-electron chi connectivity index (χ2n) is 10.0. The first-order valence-corrected chi connectivity index (χ1v) is 15.0. The molecule has 0 aliphatic carbocycles. The van der Waals surface area contributed by atoms with Crippen LogP contribution in [0.25, 0.3) is 10.8 Å². The van der Waals surface area contributed by atoms with E-state index in [1.807, 2.05) is 23.2 Å². The predicted molar refractivity (Wildman–Crippen MR) is 146 cm³/mol. The number of H-pyrrole nitrogens is 1. The number of nitrogens with one attached hydrogen (secondary N) is 2. The zero-order chi connectivity index (χ0) is 29.9. The summed E-state index contributed by atoms with van der Waals surface area (Å²) in [5.41, 5.74) is -2.11. The molecule has 5 rings (SSSR count). The van der Waals surface area contributed by atoms with Gasteiger partial charge >= 0.3 is 19.4 Å². The van der Waals surface area contributed by atoms with E-state index in [0.717, 1.165) is 9.95 Å². The van der Waals surface area contributed by atoms with Crippen LogP contribution in [0.2, 0.25) is 0 Å². The summed E-state index contributed by atoms with van der Waals surface area (Å²) in [4.78, 5) is 38.2. The zero-order valence-corrected chi connectivity index (χ0v) is 23.5. The van der Waals surface area contributed by atoms with Gasteiger partial charge in [0.05, 0.1) is 32.1 Å². The van der Waals surface area contributed by atoms with E-state index in [-0.39, 0.29) is 18.3 Å². The summed E-state index contributed by atoms with van der Waals surface area (Å²) in [6.07, 6.45) is -2.17. The van der Waals surface area contributed by atoms with E-state index < -0.39 is 61.9 Å². The van der Waals surface area contributed by atoms with Gasteiger partial charge in [-0.2, -0.15) is 9.48 Å². The first kappa shape index (κ1) is 30.1. The summed E-state index contributed by atoms with van der Waals surface area (Å²) in [6, 6.07) is 11.3. The smallest absolute Gasteiger partial charge is 0.459 e. The molecule has 42 heavy (non-hydrogen) atoms. The summed E-state index contributed by atoms with van der Waals surface area (Å²) >= 11 is 0. The quantitative estimate of drug-likeness (QED) is 0.229. The summed E-state index contributed by atoms with van der Waals surface area (Å²) in [7, 11) is -4.35. The standard InChI is InChI=1S/C27H31FN3O10P/c1-16(26(34)39-18-9-11-37-12-10-18)30-42(36,41-22-8-4-6-17-5-2-3-7-19(17)22)38-15-23-21(32)13-24(40-23)31-14-20(28)25(33)29-27(31)35/h2-8,14,16,18,21,23-24,32H,9-13,15H2,1H3,(H,30,36)(H,29,33,35)/t16-,21?,23+,24?,42?/m0/s1. The van der Waals surface area contributed by atoms with E-state index in [1.165, 1.54) is 6.92 Å². The summed E-state index contributed by atoms with van der Waals surface area (Å²) in [5, 5.41) is 14.7. The lowest BCUT2D eigenvalue weighted by Crippen LogP contribution is -2.39. The number of fused-ring (bicyclic) bond motifs is 1. The maximum absolute atomic E-state index is 14.1. The molecule has 2 aliphatic heterocycles. The van der Waals surface area contributed by atoms with E-state index in [9.17, 15) is 28.4 Å². The lowest BCUT2D eigenvalue weighted by Gasteiger charge is -2.27. The van der Waals surface area contributed by atoms with E-state index in [4.69, 9.17) is 23.3 Å². The SMILES string of the molecule is C[C@H](NP(=O)(OC[C@H]1OC(n2cc(F)c(=O)[nH]c2=O)CC1O)Oc1cccc2ccccc12)C(=O)OC1CCOCC1. The molecule has 13 nitrogen and oxygen atoms in total. The van der Waals surface area contributed by atoms with Crippen molar-refractivity contribution in [2.75, 3.05) is 19.8 Å². The number of aromatic nitrogens is 2. The molecule has 2 saturated heterocycles. The van der Waals surface area contributed by atoms with E-state index >= 15 is 0 Å². The normalized spacial score (nSPS) is 23.4. The molecular weight excluding hydrogens is 576 g/mol. The van der Waals surface area contributed by atoms with E-state index in [0.29, 0.717) is 37.6 Å². The number of esters is 1. The Bertz CT molecular complexity index is 1580. The van der Waals surface area contributed by atoms with Crippen molar-refractivity contribution in [3.05, 3.63) is 75.3 Å². The third-order valence-corrected chi connectivity index (χ3v) is 8.60. The fourth-order valence-corrected chi connectivity index (χ4v) is 6.25. The largest absolute Gasteiger partial charge is 0.461 e. The molecule has 0 amide bonds. The van der Waals surface area contributed by atoms with Crippen LogP contribution in [0.1, 0.15) is 32.4 Å². The Hall–Kier alpha value is -3.39. The molecule has 3 heterocycles. The first-order valence-electron chi connectivity index (χ1n) is 13.4. The summed E-state index contributed by atoms with van der Waals surface area (Å²) in [5.74, 6) is -1.65. The fourth-order valence-electron chi connectivity index (χ4n) is 4.73. The highest BCUT2D eigenvalue weighted by Gasteiger charge is 2.40. The van der Waals surface area contributed by atoms with Crippen LogP contribution in [0, 0.1) is 5.82 Å². The van der Waals surface area contributed by atoms with Gasteiger partial charge in [0.15, 0.2) is 0 Å². The Kier molecular flexibility index (Phi) is 9.21. The maximum atomic E-state index is 14.1. The molecule has 1 aromatic heterocycles. The van der Waals surface area contributed by atoms with Gasteiger partial charge in [0, 0.05) is 24.6 Å². The molecular formula is C27H31FN3O10P. The van der Waals surface area contributed by atoms with Gasteiger partial charge in [0.1, 0.15) is 30.2 Å². The molecule has 0 saturated carbocycles. The maximum Gasteiger partial charge on any atom is 0.459 e. The number of carbonyl (C=O) groups excluding carboxylic acids is 1. The second kappa shape index (κ2) is 12.9. The Morgan fingerprint density at radius 1 is 1.21 bits per heavy atom.